The SMILES string of the molecule is CC(C)(C)c1ccc2oc(CN3C[C@@H](C(=O)O)CC3=O)nc2c1. The van der Waals surface area contributed by atoms with E-state index in [1.165, 1.54) is 4.90 Å². The van der Waals surface area contributed by atoms with Crippen molar-refractivity contribution in [2.75, 3.05) is 6.54 Å². The summed E-state index contributed by atoms with van der Waals surface area (Å²) >= 11 is 0. The summed E-state index contributed by atoms with van der Waals surface area (Å²) in [6.45, 7) is 6.81. The van der Waals surface area contributed by atoms with Crippen molar-refractivity contribution in [3.8, 4) is 0 Å². The number of aliphatic carboxylic acids is 1. The Bertz CT molecular complexity index is 772. The molecule has 23 heavy (non-hydrogen) atoms. The number of benzene rings is 1. The van der Waals surface area contributed by atoms with Gasteiger partial charge in [0.25, 0.3) is 0 Å². The Balaban J connectivity index is 1.81. The summed E-state index contributed by atoms with van der Waals surface area (Å²) in [6, 6.07) is 5.89. The number of likely N-dealkylation sites (tertiary alicyclic amines) is 1. The van der Waals surface area contributed by atoms with Gasteiger partial charge in [0.15, 0.2) is 5.58 Å². The Morgan fingerprint density at radius 1 is 1.43 bits per heavy atom. The fraction of sp³-hybridized carbons (Fsp3) is 0.471. The van der Waals surface area contributed by atoms with Crippen LogP contribution in [0.25, 0.3) is 11.1 Å². The molecule has 0 aliphatic carbocycles. The van der Waals surface area contributed by atoms with E-state index in [1.807, 2.05) is 18.2 Å². The molecule has 0 radical (unpaired) electrons. The fourth-order valence-corrected chi connectivity index (χ4v) is 2.76. The van der Waals surface area contributed by atoms with Crippen molar-refractivity contribution in [3.05, 3.63) is 29.7 Å². The van der Waals surface area contributed by atoms with Gasteiger partial charge >= 0.3 is 5.97 Å². The highest BCUT2D eigenvalue weighted by molar-refractivity contribution is 5.86. The Labute approximate surface area is 134 Å². The highest BCUT2D eigenvalue weighted by Crippen LogP contribution is 2.27. The predicted octanol–water partition coefficient (Wildman–Crippen LogP) is 2.56. The summed E-state index contributed by atoms with van der Waals surface area (Å²) in [7, 11) is 0. The summed E-state index contributed by atoms with van der Waals surface area (Å²) in [5, 5.41) is 9.02. The monoisotopic (exact) mass is 316 g/mol. The largest absolute Gasteiger partial charge is 0.481 e. The summed E-state index contributed by atoms with van der Waals surface area (Å²) in [5.41, 5.74) is 2.61. The van der Waals surface area contributed by atoms with E-state index in [0.717, 1.165) is 11.1 Å². The maximum absolute atomic E-state index is 11.9. The minimum atomic E-state index is -0.937. The molecule has 0 saturated carbocycles. The maximum atomic E-state index is 11.9. The van der Waals surface area contributed by atoms with Crippen LogP contribution in [0.15, 0.2) is 22.6 Å². The molecule has 1 N–H and O–H groups in total. The molecule has 3 rings (SSSR count). The summed E-state index contributed by atoms with van der Waals surface area (Å²) in [4.78, 5) is 28.8. The molecule has 6 heteroatoms. The topological polar surface area (TPSA) is 83.6 Å². The van der Waals surface area contributed by atoms with E-state index < -0.39 is 11.9 Å². The van der Waals surface area contributed by atoms with Crippen LogP contribution >= 0.6 is 0 Å². The molecule has 122 valence electrons. The highest BCUT2D eigenvalue weighted by Gasteiger charge is 2.34. The second-order valence-corrected chi connectivity index (χ2v) is 7.05. The van der Waals surface area contributed by atoms with Gasteiger partial charge in [0, 0.05) is 13.0 Å². The minimum Gasteiger partial charge on any atom is -0.481 e. The number of hydrogen-bond acceptors (Lipinski definition) is 4. The molecule has 0 spiro atoms. The van der Waals surface area contributed by atoms with Gasteiger partial charge in [0.05, 0.1) is 12.5 Å². The predicted molar refractivity (Wildman–Crippen MR) is 83.9 cm³/mol. The lowest BCUT2D eigenvalue weighted by Crippen LogP contribution is -2.25. The average molecular weight is 316 g/mol. The van der Waals surface area contributed by atoms with E-state index in [1.54, 1.807) is 0 Å². The van der Waals surface area contributed by atoms with Crippen molar-refractivity contribution in [1.29, 1.82) is 0 Å². The van der Waals surface area contributed by atoms with Gasteiger partial charge in [0.1, 0.15) is 5.52 Å². The molecule has 1 aliphatic rings. The van der Waals surface area contributed by atoms with Crippen molar-refractivity contribution in [3.63, 3.8) is 0 Å². The van der Waals surface area contributed by atoms with Crippen LogP contribution in [0.5, 0.6) is 0 Å². The van der Waals surface area contributed by atoms with Gasteiger partial charge in [-0.3, -0.25) is 9.59 Å². The molecule has 1 saturated heterocycles. The quantitative estimate of drug-likeness (QED) is 0.941. The Hall–Kier alpha value is -2.37. The lowest BCUT2D eigenvalue weighted by molar-refractivity contribution is -0.141. The molecule has 6 nitrogen and oxygen atoms in total. The van der Waals surface area contributed by atoms with Crippen LogP contribution in [0.2, 0.25) is 0 Å². The summed E-state index contributed by atoms with van der Waals surface area (Å²) in [5.74, 6) is -1.31. The molecular formula is C17H20N2O4. The van der Waals surface area contributed by atoms with Gasteiger partial charge < -0.3 is 14.4 Å². The van der Waals surface area contributed by atoms with Crippen molar-refractivity contribution >= 4 is 23.0 Å². The van der Waals surface area contributed by atoms with Crippen LogP contribution in [-0.2, 0) is 21.5 Å². The third-order valence-corrected chi connectivity index (χ3v) is 4.19. The molecular weight excluding hydrogens is 296 g/mol. The Kier molecular flexibility index (Phi) is 3.62. The van der Waals surface area contributed by atoms with Crippen LogP contribution < -0.4 is 0 Å². The van der Waals surface area contributed by atoms with E-state index >= 15 is 0 Å². The number of nitrogens with zero attached hydrogens (tertiary/aromatic N) is 2. The smallest absolute Gasteiger partial charge is 0.308 e. The highest BCUT2D eigenvalue weighted by atomic mass is 16.4. The molecule has 1 aromatic heterocycles. The first kappa shape index (κ1) is 15.5. The number of oxazole rings is 1. The number of carbonyl (C=O) groups is 2. The molecule has 1 aromatic carbocycles. The van der Waals surface area contributed by atoms with E-state index in [2.05, 4.69) is 25.8 Å². The van der Waals surface area contributed by atoms with Crippen molar-refractivity contribution in [2.45, 2.75) is 39.2 Å². The number of fused-ring (bicyclic) bond motifs is 1. The standard InChI is InChI=1S/C17H20N2O4/c1-17(2,3)11-4-5-13-12(7-11)18-14(23-13)9-19-8-10(16(21)22)6-15(19)20/h4-5,7,10H,6,8-9H2,1-3H3,(H,21,22)/t10-/m0/s1. The van der Waals surface area contributed by atoms with Gasteiger partial charge in [-0.2, -0.15) is 0 Å². The van der Waals surface area contributed by atoms with E-state index in [-0.39, 0.29) is 30.8 Å². The second kappa shape index (κ2) is 5.37. The van der Waals surface area contributed by atoms with Crippen molar-refractivity contribution in [1.82, 2.24) is 9.88 Å². The minimum absolute atomic E-state index is 0.0208. The lowest BCUT2D eigenvalue weighted by atomic mass is 9.87. The molecule has 1 amide bonds. The van der Waals surface area contributed by atoms with Crippen LogP contribution in [0.4, 0.5) is 0 Å². The molecule has 2 aromatic rings. The first-order valence-electron chi connectivity index (χ1n) is 7.64. The van der Waals surface area contributed by atoms with E-state index in [0.29, 0.717) is 11.5 Å². The first-order valence-corrected chi connectivity index (χ1v) is 7.64. The zero-order chi connectivity index (χ0) is 16.8. The van der Waals surface area contributed by atoms with Crippen LogP contribution in [0.3, 0.4) is 0 Å². The van der Waals surface area contributed by atoms with Gasteiger partial charge in [-0.15, -0.1) is 0 Å². The van der Waals surface area contributed by atoms with E-state index in [9.17, 15) is 9.59 Å². The van der Waals surface area contributed by atoms with Crippen LogP contribution in [-0.4, -0.2) is 33.4 Å². The normalized spacial score (nSPS) is 18.8. The van der Waals surface area contributed by atoms with Gasteiger partial charge in [-0.1, -0.05) is 26.8 Å². The fourth-order valence-electron chi connectivity index (χ4n) is 2.76. The second-order valence-electron chi connectivity index (χ2n) is 7.05. The number of carbonyl (C=O) groups excluding carboxylic acids is 1. The molecule has 1 fully saturated rings. The number of hydrogen-bond donors (Lipinski definition) is 1. The number of rotatable bonds is 3. The summed E-state index contributed by atoms with van der Waals surface area (Å²) < 4.78 is 5.69. The van der Waals surface area contributed by atoms with Crippen molar-refractivity contribution in [2.24, 2.45) is 5.92 Å². The van der Waals surface area contributed by atoms with Crippen LogP contribution in [0, 0.1) is 5.92 Å². The van der Waals surface area contributed by atoms with Gasteiger partial charge in [0.2, 0.25) is 11.8 Å². The first-order chi connectivity index (χ1) is 10.7. The number of amides is 1. The molecule has 1 atom stereocenters. The van der Waals surface area contributed by atoms with E-state index in [4.69, 9.17) is 9.52 Å². The average Bonchev–Trinajstić information content (AvgIpc) is 3.01. The molecule has 0 unspecified atom stereocenters. The lowest BCUT2D eigenvalue weighted by Gasteiger charge is -2.18. The Morgan fingerprint density at radius 2 is 2.17 bits per heavy atom. The maximum Gasteiger partial charge on any atom is 0.308 e. The number of carboxylic acid groups (broad SMARTS) is 1. The third kappa shape index (κ3) is 3.06. The zero-order valence-corrected chi connectivity index (χ0v) is 13.5. The Morgan fingerprint density at radius 3 is 2.78 bits per heavy atom. The zero-order valence-electron chi connectivity index (χ0n) is 13.5. The summed E-state index contributed by atoms with van der Waals surface area (Å²) in [6.07, 6.45) is 0.0454. The number of carboxylic acids is 1. The van der Waals surface area contributed by atoms with Crippen LogP contribution in [0.1, 0.15) is 38.6 Å². The number of aromatic nitrogens is 1. The van der Waals surface area contributed by atoms with Crippen molar-refractivity contribution < 1.29 is 19.1 Å². The van der Waals surface area contributed by atoms with Gasteiger partial charge in [-0.25, -0.2) is 4.98 Å². The van der Waals surface area contributed by atoms with Gasteiger partial charge in [-0.05, 0) is 23.1 Å². The molecule has 0 bridgehead atoms. The third-order valence-electron chi connectivity index (χ3n) is 4.19. The molecule has 2 heterocycles. The molecule has 1 aliphatic heterocycles.